The molecule has 17 heavy (non-hydrogen) atoms. The molecule has 0 bridgehead atoms. The zero-order chi connectivity index (χ0) is 13.2. The van der Waals surface area contributed by atoms with Gasteiger partial charge in [-0.05, 0) is 26.8 Å². The van der Waals surface area contributed by atoms with Gasteiger partial charge in [-0.1, -0.05) is 23.2 Å². The Hall–Kier alpha value is -1.00. The van der Waals surface area contributed by atoms with Crippen molar-refractivity contribution in [2.24, 2.45) is 0 Å². The van der Waals surface area contributed by atoms with E-state index in [2.05, 4.69) is 10.3 Å². The summed E-state index contributed by atoms with van der Waals surface area (Å²) >= 11 is 11.9. The van der Waals surface area contributed by atoms with Crippen molar-refractivity contribution < 1.29 is 9.53 Å². The van der Waals surface area contributed by atoms with Crippen LogP contribution in [0.15, 0.2) is 6.07 Å². The molecule has 1 amide bonds. The van der Waals surface area contributed by atoms with Crippen molar-refractivity contribution in [3.05, 3.63) is 16.1 Å². The maximum absolute atomic E-state index is 11.0. The van der Waals surface area contributed by atoms with Gasteiger partial charge in [-0.25, -0.2) is 0 Å². The lowest BCUT2D eigenvalue weighted by atomic mass is 10.2. The molecule has 4 nitrogen and oxygen atoms in total. The van der Waals surface area contributed by atoms with Crippen molar-refractivity contribution in [3.63, 3.8) is 0 Å². The summed E-state index contributed by atoms with van der Waals surface area (Å²) in [6, 6.07) is 1.49. The first-order valence-electron chi connectivity index (χ1n) is 5.01. The third-order valence-electron chi connectivity index (χ3n) is 1.59. The number of hydrogen-bond donors (Lipinski definition) is 1. The number of carbonyl (C=O) groups excluding carboxylic acids is 1. The van der Waals surface area contributed by atoms with Gasteiger partial charge in [0.25, 0.3) is 0 Å². The predicted molar refractivity (Wildman–Crippen MR) is 68.9 cm³/mol. The van der Waals surface area contributed by atoms with E-state index in [9.17, 15) is 4.79 Å². The Morgan fingerprint density at radius 3 is 2.41 bits per heavy atom. The van der Waals surface area contributed by atoms with E-state index in [1.165, 1.54) is 13.0 Å². The van der Waals surface area contributed by atoms with Gasteiger partial charge < -0.3 is 10.1 Å². The maximum atomic E-state index is 11.0. The number of aromatic nitrogens is 1. The summed E-state index contributed by atoms with van der Waals surface area (Å²) in [6.07, 6.45) is 0. The molecule has 1 heterocycles. The van der Waals surface area contributed by atoms with E-state index < -0.39 is 5.60 Å². The molecule has 0 saturated heterocycles. The molecule has 0 aliphatic rings. The van der Waals surface area contributed by atoms with Gasteiger partial charge in [-0.15, -0.1) is 0 Å². The van der Waals surface area contributed by atoms with Crippen LogP contribution in [-0.4, -0.2) is 16.5 Å². The van der Waals surface area contributed by atoms with Gasteiger partial charge in [-0.3, -0.25) is 4.79 Å². The summed E-state index contributed by atoms with van der Waals surface area (Å²) in [5, 5.41) is 3.08. The summed E-state index contributed by atoms with van der Waals surface area (Å²) < 4.78 is 5.56. The lowest BCUT2D eigenvalue weighted by Gasteiger charge is -2.21. The Kier molecular flexibility index (Phi) is 4.22. The Labute approximate surface area is 110 Å². The molecule has 0 atom stereocenters. The Morgan fingerprint density at radius 1 is 1.35 bits per heavy atom. The molecular formula is C11H14Cl2N2O2. The molecule has 1 N–H and O–H groups in total. The van der Waals surface area contributed by atoms with Gasteiger partial charge >= 0.3 is 0 Å². The van der Waals surface area contributed by atoms with Crippen molar-refractivity contribution >= 4 is 34.9 Å². The number of rotatable bonds is 2. The van der Waals surface area contributed by atoms with Crippen LogP contribution in [0.2, 0.25) is 10.0 Å². The molecule has 0 unspecified atom stereocenters. The molecule has 0 spiro atoms. The number of anilines is 1. The summed E-state index contributed by atoms with van der Waals surface area (Å²) in [5.74, 6) is 0.221. The monoisotopic (exact) mass is 276 g/mol. The fourth-order valence-corrected chi connectivity index (χ4v) is 1.51. The van der Waals surface area contributed by atoms with Crippen LogP contribution < -0.4 is 10.1 Å². The van der Waals surface area contributed by atoms with Crippen LogP contribution in [0.25, 0.3) is 0 Å². The van der Waals surface area contributed by atoms with Crippen LogP contribution in [0.4, 0.5) is 5.82 Å². The lowest BCUT2D eigenvalue weighted by molar-refractivity contribution is -0.114. The van der Waals surface area contributed by atoms with Crippen molar-refractivity contribution in [1.82, 2.24) is 4.98 Å². The van der Waals surface area contributed by atoms with Gasteiger partial charge in [0, 0.05) is 6.92 Å². The van der Waals surface area contributed by atoms with E-state index in [1.807, 2.05) is 20.8 Å². The number of amides is 1. The van der Waals surface area contributed by atoms with E-state index in [0.717, 1.165) is 0 Å². The topological polar surface area (TPSA) is 51.2 Å². The van der Waals surface area contributed by atoms with E-state index in [4.69, 9.17) is 27.9 Å². The number of halogens is 2. The van der Waals surface area contributed by atoms with Crippen molar-refractivity contribution in [2.45, 2.75) is 33.3 Å². The summed E-state index contributed by atoms with van der Waals surface area (Å²) in [6.45, 7) is 6.99. The second-order valence-corrected chi connectivity index (χ2v) is 5.32. The molecule has 0 aliphatic heterocycles. The van der Waals surface area contributed by atoms with Gasteiger partial charge in [0.2, 0.25) is 11.8 Å². The molecule has 0 aliphatic carbocycles. The molecular weight excluding hydrogens is 263 g/mol. The van der Waals surface area contributed by atoms with Crippen LogP contribution in [0.3, 0.4) is 0 Å². The normalized spacial score (nSPS) is 11.2. The third-order valence-corrected chi connectivity index (χ3v) is 2.15. The standard InChI is InChI=1S/C11H14Cl2N2O2/c1-6(16)14-9-7(12)5-8(13)10(15-9)17-11(2,3)4/h5H,1-4H3,(H,14,15,16). The minimum atomic E-state index is -0.433. The quantitative estimate of drug-likeness (QED) is 0.899. The maximum Gasteiger partial charge on any atom is 0.235 e. The molecule has 0 saturated carbocycles. The largest absolute Gasteiger partial charge is 0.471 e. The average Bonchev–Trinajstić information content (AvgIpc) is 2.10. The molecule has 1 rings (SSSR count). The average molecular weight is 277 g/mol. The van der Waals surface area contributed by atoms with Crippen molar-refractivity contribution in [2.75, 3.05) is 5.32 Å². The van der Waals surface area contributed by atoms with Crippen molar-refractivity contribution in [1.29, 1.82) is 0 Å². The van der Waals surface area contributed by atoms with Gasteiger partial charge in [0.05, 0.1) is 5.02 Å². The van der Waals surface area contributed by atoms with Gasteiger partial charge in [0.1, 0.15) is 10.6 Å². The highest BCUT2D eigenvalue weighted by molar-refractivity contribution is 6.37. The van der Waals surface area contributed by atoms with Crippen LogP contribution in [0.5, 0.6) is 5.88 Å². The number of nitrogens with zero attached hydrogens (tertiary/aromatic N) is 1. The molecule has 6 heteroatoms. The van der Waals surface area contributed by atoms with Crippen LogP contribution in [0, 0.1) is 0 Å². The first kappa shape index (κ1) is 14.1. The molecule has 1 aromatic heterocycles. The minimum absolute atomic E-state index is 0.239. The zero-order valence-corrected chi connectivity index (χ0v) is 11.6. The number of pyridine rings is 1. The number of hydrogen-bond acceptors (Lipinski definition) is 3. The zero-order valence-electron chi connectivity index (χ0n) is 10.1. The SMILES string of the molecule is CC(=O)Nc1nc(OC(C)(C)C)c(Cl)cc1Cl. The van der Waals surface area contributed by atoms with Crippen LogP contribution in [0.1, 0.15) is 27.7 Å². The molecule has 1 aromatic rings. The predicted octanol–water partition coefficient (Wildman–Crippen LogP) is 3.52. The van der Waals surface area contributed by atoms with Crippen LogP contribution >= 0.6 is 23.2 Å². The fourth-order valence-electron chi connectivity index (χ4n) is 1.07. The number of carbonyl (C=O) groups is 1. The molecule has 94 valence electrons. The summed E-state index contributed by atoms with van der Waals surface area (Å²) in [5.41, 5.74) is -0.433. The van der Waals surface area contributed by atoms with E-state index in [-0.39, 0.29) is 22.6 Å². The van der Waals surface area contributed by atoms with E-state index in [0.29, 0.717) is 5.02 Å². The third kappa shape index (κ3) is 4.40. The van der Waals surface area contributed by atoms with E-state index in [1.54, 1.807) is 0 Å². The molecule has 0 radical (unpaired) electrons. The highest BCUT2D eigenvalue weighted by atomic mass is 35.5. The van der Waals surface area contributed by atoms with Gasteiger partial charge in [0.15, 0.2) is 5.82 Å². The highest BCUT2D eigenvalue weighted by Gasteiger charge is 2.18. The van der Waals surface area contributed by atoms with Crippen LogP contribution in [-0.2, 0) is 4.79 Å². The Balaban J connectivity index is 3.10. The summed E-state index contributed by atoms with van der Waals surface area (Å²) in [4.78, 5) is 15.0. The highest BCUT2D eigenvalue weighted by Crippen LogP contribution is 2.32. The smallest absolute Gasteiger partial charge is 0.235 e. The lowest BCUT2D eigenvalue weighted by Crippen LogP contribution is -2.24. The first-order valence-corrected chi connectivity index (χ1v) is 5.77. The van der Waals surface area contributed by atoms with E-state index >= 15 is 0 Å². The fraction of sp³-hybridized carbons (Fsp3) is 0.455. The Morgan fingerprint density at radius 2 is 1.94 bits per heavy atom. The minimum Gasteiger partial charge on any atom is -0.471 e. The molecule has 0 aromatic carbocycles. The van der Waals surface area contributed by atoms with Gasteiger partial charge in [-0.2, -0.15) is 4.98 Å². The van der Waals surface area contributed by atoms with Crippen molar-refractivity contribution in [3.8, 4) is 5.88 Å². The second-order valence-electron chi connectivity index (χ2n) is 4.50. The number of nitrogens with one attached hydrogen (secondary N) is 1. The summed E-state index contributed by atoms with van der Waals surface area (Å²) in [7, 11) is 0. The second kappa shape index (κ2) is 5.10. The molecule has 0 fully saturated rings. The number of ether oxygens (including phenoxy) is 1. The first-order chi connectivity index (χ1) is 7.69. The Bertz CT molecular complexity index is 442.